The van der Waals surface area contributed by atoms with Crippen molar-refractivity contribution in [2.45, 2.75) is 6.42 Å². The number of likely N-dealkylation sites (N-methyl/N-ethyl adjacent to an activating group) is 1. The van der Waals surface area contributed by atoms with Crippen LogP contribution >= 0.6 is 11.6 Å². The summed E-state index contributed by atoms with van der Waals surface area (Å²) in [6, 6.07) is 10.7. The first-order valence-electron chi connectivity index (χ1n) is 6.53. The second-order valence-corrected chi connectivity index (χ2v) is 5.16. The van der Waals surface area contributed by atoms with Crippen molar-refractivity contribution < 1.29 is 9.53 Å². The van der Waals surface area contributed by atoms with E-state index < -0.39 is 0 Å². The molecule has 0 radical (unpaired) electrons. The van der Waals surface area contributed by atoms with Gasteiger partial charge in [0.05, 0.1) is 6.42 Å². The molecule has 0 aliphatic heterocycles. The molecule has 2 rings (SSSR count). The second-order valence-electron chi connectivity index (χ2n) is 4.80. The number of carbonyl (C=O) groups is 1. The lowest BCUT2D eigenvalue weighted by Gasteiger charge is -2.11. The molecule has 1 amide bonds. The Hall–Kier alpha value is -2.58. The van der Waals surface area contributed by atoms with Crippen molar-refractivity contribution in [2.24, 2.45) is 0 Å². The molecule has 22 heavy (non-hydrogen) atoms. The maximum absolute atomic E-state index is 11.6. The van der Waals surface area contributed by atoms with Gasteiger partial charge in [-0.25, -0.2) is 4.98 Å². The van der Waals surface area contributed by atoms with Gasteiger partial charge in [0.15, 0.2) is 5.15 Å². The summed E-state index contributed by atoms with van der Waals surface area (Å²) in [5, 5.41) is 9.18. The standard InChI is InChI=1S/C16H14ClN3O2/c1-20(2)15(21)9-11-3-5-12(6-4-11)22-14-7-8-19-16(17)13(14)10-18/h3-8H,9H2,1-2H3. The number of benzene rings is 1. The molecule has 5 nitrogen and oxygen atoms in total. The zero-order chi connectivity index (χ0) is 16.1. The van der Waals surface area contributed by atoms with Crippen LogP contribution in [0.25, 0.3) is 0 Å². The number of carbonyl (C=O) groups excluding carboxylic acids is 1. The quantitative estimate of drug-likeness (QED) is 0.813. The van der Waals surface area contributed by atoms with Crippen LogP contribution in [-0.2, 0) is 11.2 Å². The van der Waals surface area contributed by atoms with Crippen LogP contribution in [0.4, 0.5) is 0 Å². The van der Waals surface area contributed by atoms with Crippen LogP contribution in [0.5, 0.6) is 11.5 Å². The number of pyridine rings is 1. The molecule has 0 fully saturated rings. The van der Waals surface area contributed by atoms with Crippen LogP contribution in [0.1, 0.15) is 11.1 Å². The topological polar surface area (TPSA) is 66.2 Å². The number of nitriles is 1. The van der Waals surface area contributed by atoms with Crippen LogP contribution in [0.3, 0.4) is 0 Å². The number of amides is 1. The largest absolute Gasteiger partial charge is 0.456 e. The Morgan fingerprint density at radius 3 is 2.59 bits per heavy atom. The summed E-state index contributed by atoms with van der Waals surface area (Å²) < 4.78 is 5.65. The van der Waals surface area contributed by atoms with Crippen molar-refractivity contribution in [3.63, 3.8) is 0 Å². The number of halogens is 1. The van der Waals surface area contributed by atoms with Gasteiger partial charge in [0.25, 0.3) is 0 Å². The Kier molecular flexibility index (Phi) is 4.97. The minimum atomic E-state index is 0.0290. The Labute approximate surface area is 133 Å². The van der Waals surface area contributed by atoms with Crippen LogP contribution in [0.15, 0.2) is 36.5 Å². The van der Waals surface area contributed by atoms with Gasteiger partial charge in [0.1, 0.15) is 23.1 Å². The van der Waals surface area contributed by atoms with Crippen LogP contribution in [-0.4, -0.2) is 29.9 Å². The molecule has 0 bridgehead atoms. The first kappa shape index (κ1) is 15.8. The number of ether oxygens (including phenoxy) is 1. The van der Waals surface area contributed by atoms with Crippen LogP contribution < -0.4 is 4.74 Å². The highest BCUT2D eigenvalue weighted by molar-refractivity contribution is 6.30. The molecular formula is C16H14ClN3O2. The van der Waals surface area contributed by atoms with E-state index in [1.807, 2.05) is 18.2 Å². The summed E-state index contributed by atoms with van der Waals surface area (Å²) in [6.45, 7) is 0. The van der Waals surface area contributed by atoms with Crippen molar-refractivity contribution in [3.8, 4) is 17.6 Å². The molecule has 0 aliphatic rings. The van der Waals surface area contributed by atoms with Gasteiger partial charge in [-0.2, -0.15) is 5.26 Å². The Bertz CT molecular complexity index is 721. The lowest BCUT2D eigenvalue weighted by Crippen LogP contribution is -2.23. The van der Waals surface area contributed by atoms with E-state index in [4.69, 9.17) is 21.6 Å². The van der Waals surface area contributed by atoms with E-state index in [2.05, 4.69) is 4.98 Å². The minimum absolute atomic E-state index is 0.0290. The molecule has 0 N–H and O–H groups in total. The normalized spacial score (nSPS) is 9.91. The van der Waals surface area contributed by atoms with Gasteiger partial charge >= 0.3 is 0 Å². The van der Waals surface area contributed by atoms with E-state index in [0.29, 0.717) is 17.9 Å². The molecule has 1 heterocycles. The van der Waals surface area contributed by atoms with Gasteiger partial charge in [-0.3, -0.25) is 4.79 Å². The molecule has 0 spiro atoms. The van der Waals surface area contributed by atoms with E-state index in [1.165, 1.54) is 6.20 Å². The maximum Gasteiger partial charge on any atom is 0.226 e. The highest BCUT2D eigenvalue weighted by Crippen LogP contribution is 2.28. The number of hydrogen-bond donors (Lipinski definition) is 0. The third-order valence-electron chi connectivity index (χ3n) is 2.98. The fourth-order valence-corrected chi connectivity index (χ4v) is 1.93. The Balaban J connectivity index is 2.14. The summed E-state index contributed by atoms with van der Waals surface area (Å²) in [7, 11) is 3.44. The van der Waals surface area contributed by atoms with Crippen LogP contribution in [0.2, 0.25) is 5.15 Å². The molecule has 6 heteroatoms. The van der Waals surface area contributed by atoms with E-state index in [0.717, 1.165) is 5.56 Å². The SMILES string of the molecule is CN(C)C(=O)Cc1ccc(Oc2ccnc(Cl)c2C#N)cc1. The predicted molar refractivity (Wildman–Crippen MR) is 82.9 cm³/mol. The number of nitrogens with zero attached hydrogens (tertiary/aromatic N) is 3. The number of rotatable bonds is 4. The lowest BCUT2D eigenvalue weighted by molar-refractivity contribution is -0.127. The highest BCUT2D eigenvalue weighted by Gasteiger charge is 2.10. The van der Waals surface area contributed by atoms with Gasteiger partial charge < -0.3 is 9.64 Å². The summed E-state index contributed by atoms with van der Waals surface area (Å²) in [5.41, 5.74) is 1.08. The van der Waals surface area contributed by atoms with Gasteiger partial charge in [-0.15, -0.1) is 0 Å². The smallest absolute Gasteiger partial charge is 0.226 e. The number of hydrogen-bond acceptors (Lipinski definition) is 4. The lowest BCUT2D eigenvalue weighted by atomic mass is 10.1. The van der Waals surface area contributed by atoms with E-state index >= 15 is 0 Å². The maximum atomic E-state index is 11.6. The molecular weight excluding hydrogens is 302 g/mol. The molecule has 0 unspecified atom stereocenters. The summed E-state index contributed by atoms with van der Waals surface area (Å²) in [5.74, 6) is 0.931. The summed E-state index contributed by atoms with van der Waals surface area (Å²) in [4.78, 5) is 17.0. The molecule has 1 aromatic carbocycles. The zero-order valence-corrected chi connectivity index (χ0v) is 13.0. The molecule has 0 atom stereocenters. The average molecular weight is 316 g/mol. The van der Waals surface area contributed by atoms with Crippen molar-refractivity contribution in [3.05, 3.63) is 52.8 Å². The first-order chi connectivity index (χ1) is 10.5. The van der Waals surface area contributed by atoms with E-state index in [1.54, 1.807) is 37.2 Å². The van der Waals surface area contributed by atoms with Gasteiger partial charge in [0, 0.05) is 26.4 Å². The third kappa shape index (κ3) is 3.74. The summed E-state index contributed by atoms with van der Waals surface area (Å²) in [6.07, 6.45) is 1.81. The second kappa shape index (κ2) is 6.92. The molecule has 112 valence electrons. The predicted octanol–water partition coefficient (Wildman–Crippen LogP) is 3.03. The molecule has 0 saturated carbocycles. The molecule has 0 saturated heterocycles. The van der Waals surface area contributed by atoms with Crippen molar-refractivity contribution >= 4 is 17.5 Å². The fraction of sp³-hybridized carbons (Fsp3) is 0.188. The van der Waals surface area contributed by atoms with Crippen molar-refractivity contribution in [1.82, 2.24) is 9.88 Å². The van der Waals surface area contributed by atoms with Gasteiger partial charge in [-0.1, -0.05) is 23.7 Å². The molecule has 1 aromatic heterocycles. The fourth-order valence-electron chi connectivity index (χ4n) is 1.74. The molecule has 2 aromatic rings. The van der Waals surface area contributed by atoms with Crippen molar-refractivity contribution in [2.75, 3.05) is 14.1 Å². The van der Waals surface area contributed by atoms with Gasteiger partial charge in [0.2, 0.25) is 5.91 Å². The van der Waals surface area contributed by atoms with Crippen LogP contribution in [0, 0.1) is 11.3 Å². The minimum Gasteiger partial charge on any atom is -0.456 e. The number of aromatic nitrogens is 1. The third-order valence-corrected chi connectivity index (χ3v) is 3.27. The Morgan fingerprint density at radius 2 is 2.00 bits per heavy atom. The zero-order valence-electron chi connectivity index (χ0n) is 12.2. The summed E-state index contributed by atoms with van der Waals surface area (Å²) >= 11 is 5.85. The van der Waals surface area contributed by atoms with E-state index in [9.17, 15) is 4.79 Å². The highest BCUT2D eigenvalue weighted by atomic mass is 35.5. The van der Waals surface area contributed by atoms with Gasteiger partial charge in [-0.05, 0) is 17.7 Å². The van der Waals surface area contributed by atoms with Crippen molar-refractivity contribution in [1.29, 1.82) is 5.26 Å². The monoisotopic (exact) mass is 315 g/mol. The molecule has 0 aliphatic carbocycles. The average Bonchev–Trinajstić information content (AvgIpc) is 2.49. The van der Waals surface area contributed by atoms with E-state index in [-0.39, 0.29) is 16.6 Å². The Morgan fingerprint density at radius 1 is 1.32 bits per heavy atom. The first-order valence-corrected chi connectivity index (χ1v) is 6.90.